The van der Waals surface area contributed by atoms with E-state index in [0.29, 0.717) is 29.4 Å². The molecule has 1 aromatic carbocycles. The average molecular weight is 283 g/mol. The van der Waals surface area contributed by atoms with Crippen LogP contribution in [0.4, 0.5) is 0 Å². The van der Waals surface area contributed by atoms with Crippen LogP contribution < -0.4 is 19.5 Å². The molecule has 6 nitrogen and oxygen atoms in total. The molecule has 6 heteroatoms. The lowest BCUT2D eigenvalue weighted by atomic mass is 10.0. The van der Waals surface area contributed by atoms with Gasteiger partial charge in [0.25, 0.3) is 0 Å². The van der Waals surface area contributed by atoms with Gasteiger partial charge in [-0.05, 0) is 13.0 Å². The normalized spacial score (nSPS) is 11.8. The van der Waals surface area contributed by atoms with Crippen molar-refractivity contribution < 1.29 is 24.1 Å². The molecule has 20 heavy (non-hydrogen) atoms. The maximum Gasteiger partial charge on any atom is 0.325 e. The molecule has 0 amide bonds. The quantitative estimate of drug-likeness (QED) is 0.758. The van der Waals surface area contributed by atoms with Gasteiger partial charge in [0.2, 0.25) is 0 Å². The first-order chi connectivity index (χ1) is 9.58. The minimum atomic E-state index is -0.986. The molecule has 0 aromatic heterocycles. The van der Waals surface area contributed by atoms with Crippen LogP contribution in [0, 0.1) is 0 Å². The number of carboxylic acids is 1. The van der Waals surface area contributed by atoms with Gasteiger partial charge in [-0.2, -0.15) is 0 Å². The van der Waals surface area contributed by atoms with E-state index in [4.69, 9.17) is 14.2 Å². The highest BCUT2D eigenvalue weighted by Crippen LogP contribution is 2.38. The minimum absolute atomic E-state index is 0.414. The van der Waals surface area contributed by atoms with E-state index in [-0.39, 0.29) is 0 Å². The molecule has 0 fully saturated rings. The maximum absolute atomic E-state index is 11.5. The van der Waals surface area contributed by atoms with Crippen LogP contribution in [0.1, 0.15) is 24.9 Å². The predicted molar refractivity (Wildman–Crippen MR) is 74.8 cm³/mol. The van der Waals surface area contributed by atoms with Gasteiger partial charge in [0.05, 0.1) is 26.9 Å². The van der Waals surface area contributed by atoms with Crippen molar-refractivity contribution in [3.63, 3.8) is 0 Å². The van der Waals surface area contributed by atoms with Gasteiger partial charge in [0, 0.05) is 12.1 Å². The summed E-state index contributed by atoms with van der Waals surface area (Å²) in [6.07, 6.45) is 0.824. The molecule has 0 saturated heterocycles. The van der Waals surface area contributed by atoms with Crippen molar-refractivity contribution in [3.05, 3.63) is 17.7 Å². The summed E-state index contributed by atoms with van der Waals surface area (Å²) in [7, 11) is 4.49. The highest BCUT2D eigenvalue weighted by molar-refractivity contribution is 5.78. The Hall–Kier alpha value is -1.95. The molecular formula is C14H21NO5. The van der Waals surface area contributed by atoms with Crippen molar-refractivity contribution in [1.29, 1.82) is 0 Å². The maximum atomic E-state index is 11.5. The summed E-state index contributed by atoms with van der Waals surface area (Å²) in [6, 6.07) is 2.38. The van der Waals surface area contributed by atoms with Crippen molar-refractivity contribution in [3.8, 4) is 17.2 Å². The molecule has 0 bridgehead atoms. The van der Waals surface area contributed by atoms with Crippen LogP contribution in [0.5, 0.6) is 17.2 Å². The van der Waals surface area contributed by atoms with E-state index in [1.807, 2.05) is 6.92 Å². The summed E-state index contributed by atoms with van der Waals surface area (Å²) in [4.78, 5) is 11.5. The highest BCUT2D eigenvalue weighted by Gasteiger charge is 2.27. The van der Waals surface area contributed by atoms with Crippen molar-refractivity contribution in [2.75, 3.05) is 27.9 Å². The number of benzene rings is 1. The number of aliphatic carboxylic acids is 1. The third-order valence-electron chi connectivity index (χ3n) is 2.89. The fraction of sp³-hybridized carbons (Fsp3) is 0.500. The van der Waals surface area contributed by atoms with Gasteiger partial charge in [0.1, 0.15) is 23.3 Å². The summed E-state index contributed by atoms with van der Waals surface area (Å²) < 4.78 is 15.7. The summed E-state index contributed by atoms with van der Waals surface area (Å²) >= 11 is 0. The van der Waals surface area contributed by atoms with Crippen LogP contribution in [-0.4, -0.2) is 38.9 Å². The van der Waals surface area contributed by atoms with E-state index in [9.17, 15) is 9.90 Å². The van der Waals surface area contributed by atoms with E-state index < -0.39 is 12.0 Å². The van der Waals surface area contributed by atoms with Gasteiger partial charge in [-0.15, -0.1) is 0 Å². The highest BCUT2D eigenvalue weighted by atomic mass is 16.5. The molecule has 1 atom stereocenters. The molecule has 0 aliphatic carbocycles. The Morgan fingerprint density at radius 2 is 1.75 bits per heavy atom. The zero-order chi connectivity index (χ0) is 15.1. The van der Waals surface area contributed by atoms with Crippen LogP contribution in [0.15, 0.2) is 12.1 Å². The van der Waals surface area contributed by atoms with Crippen LogP contribution in [0.2, 0.25) is 0 Å². The van der Waals surface area contributed by atoms with E-state index in [1.54, 1.807) is 12.1 Å². The molecule has 0 radical (unpaired) electrons. The lowest BCUT2D eigenvalue weighted by Gasteiger charge is -2.21. The summed E-state index contributed by atoms with van der Waals surface area (Å²) in [5, 5.41) is 12.4. The first kappa shape index (κ1) is 16.1. The molecule has 0 aliphatic rings. The molecular weight excluding hydrogens is 262 g/mol. The number of hydrogen-bond donors (Lipinski definition) is 2. The third kappa shape index (κ3) is 3.54. The van der Waals surface area contributed by atoms with Crippen molar-refractivity contribution >= 4 is 5.97 Å². The number of methoxy groups -OCH3 is 3. The van der Waals surface area contributed by atoms with Crippen molar-refractivity contribution in [2.24, 2.45) is 0 Å². The van der Waals surface area contributed by atoms with E-state index in [2.05, 4.69) is 5.32 Å². The number of hydrogen-bond acceptors (Lipinski definition) is 5. The Labute approximate surface area is 118 Å². The summed E-state index contributed by atoms with van der Waals surface area (Å²) in [5.74, 6) is 0.386. The van der Waals surface area contributed by atoms with Gasteiger partial charge in [-0.1, -0.05) is 6.92 Å². The first-order valence-corrected chi connectivity index (χ1v) is 6.35. The Kier molecular flexibility index (Phi) is 6.11. The molecule has 1 unspecified atom stereocenters. The molecule has 0 spiro atoms. The van der Waals surface area contributed by atoms with Crippen molar-refractivity contribution in [2.45, 2.75) is 19.4 Å². The minimum Gasteiger partial charge on any atom is -0.496 e. The molecule has 0 heterocycles. The molecule has 112 valence electrons. The molecule has 2 N–H and O–H groups in total. The predicted octanol–water partition coefficient (Wildman–Crippen LogP) is 1.84. The SMILES string of the molecule is CCCNC(C(=O)O)c1c(OC)cc(OC)cc1OC. The molecule has 1 rings (SSSR count). The smallest absolute Gasteiger partial charge is 0.325 e. The second-order valence-corrected chi connectivity index (χ2v) is 4.17. The van der Waals surface area contributed by atoms with E-state index in [0.717, 1.165) is 6.42 Å². The standard InChI is InChI=1S/C14H21NO5/c1-5-6-15-13(14(16)17)12-10(19-3)7-9(18-2)8-11(12)20-4/h7-8,13,15H,5-6H2,1-4H3,(H,16,17). The third-order valence-corrected chi connectivity index (χ3v) is 2.89. The number of rotatable bonds is 8. The second kappa shape index (κ2) is 7.59. The Bertz CT molecular complexity index is 436. The van der Waals surface area contributed by atoms with Gasteiger partial charge in [0.15, 0.2) is 0 Å². The van der Waals surface area contributed by atoms with Crippen molar-refractivity contribution in [1.82, 2.24) is 5.32 Å². The lowest BCUT2D eigenvalue weighted by molar-refractivity contribution is -0.139. The fourth-order valence-electron chi connectivity index (χ4n) is 1.92. The zero-order valence-electron chi connectivity index (χ0n) is 12.2. The van der Waals surface area contributed by atoms with Crippen LogP contribution >= 0.6 is 0 Å². The van der Waals surface area contributed by atoms with Gasteiger partial charge >= 0.3 is 5.97 Å². The Morgan fingerprint density at radius 1 is 1.20 bits per heavy atom. The topological polar surface area (TPSA) is 77.0 Å². The summed E-state index contributed by atoms with van der Waals surface area (Å²) in [6.45, 7) is 2.55. The van der Waals surface area contributed by atoms with Gasteiger partial charge < -0.3 is 24.6 Å². The van der Waals surface area contributed by atoms with Gasteiger partial charge in [-0.25, -0.2) is 0 Å². The van der Waals surface area contributed by atoms with Crippen LogP contribution in [0.25, 0.3) is 0 Å². The monoisotopic (exact) mass is 283 g/mol. The largest absolute Gasteiger partial charge is 0.496 e. The average Bonchev–Trinajstić information content (AvgIpc) is 2.46. The van der Waals surface area contributed by atoms with Crippen LogP contribution in [0.3, 0.4) is 0 Å². The van der Waals surface area contributed by atoms with Gasteiger partial charge in [-0.3, -0.25) is 4.79 Å². The van der Waals surface area contributed by atoms with E-state index in [1.165, 1.54) is 21.3 Å². The first-order valence-electron chi connectivity index (χ1n) is 6.35. The number of carbonyl (C=O) groups is 1. The number of ether oxygens (including phenoxy) is 3. The number of nitrogens with one attached hydrogen (secondary N) is 1. The molecule has 0 saturated carbocycles. The number of carboxylic acid groups (broad SMARTS) is 1. The summed E-state index contributed by atoms with van der Waals surface area (Å²) in [5.41, 5.74) is 0.455. The second-order valence-electron chi connectivity index (χ2n) is 4.17. The zero-order valence-corrected chi connectivity index (χ0v) is 12.2. The lowest BCUT2D eigenvalue weighted by Crippen LogP contribution is -2.29. The molecule has 1 aromatic rings. The Balaban J connectivity index is 3.33. The van der Waals surface area contributed by atoms with E-state index >= 15 is 0 Å². The molecule has 0 aliphatic heterocycles. The fourth-order valence-corrected chi connectivity index (χ4v) is 1.92. The Morgan fingerprint density at radius 3 is 2.10 bits per heavy atom. The van der Waals surface area contributed by atoms with Crippen LogP contribution in [-0.2, 0) is 4.79 Å².